The van der Waals surface area contributed by atoms with Crippen LogP contribution >= 0.6 is 0 Å². The number of carbonyl (C=O) groups is 1. The van der Waals surface area contributed by atoms with E-state index in [9.17, 15) is 26.4 Å². The number of amides is 1. The molecule has 1 aromatic carbocycles. The number of anilines is 2. The van der Waals surface area contributed by atoms with Gasteiger partial charge in [0.15, 0.2) is 0 Å². The average Bonchev–Trinajstić information content (AvgIpc) is 2.89. The van der Waals surface area contributed by atoms with E-state index in [0.29, 0.717) is 44.1 Å². The van der Waals surface area contributed by atoms with Crippen molar-refractivity contribution in [3.63, 3.8) is 0 Å². The van der Waals surface area contributed by atoms with E-state index in [1.54, 1.807) is 19.2 Å². The molecule has 37 heavy (non-hydrogen) atoms. The van der Waals surface area contributed by atoms with Crippen molar-refractivity contribution in [2.45, 2.75) is 49.2 Å². The number of halogens is 3. The Kier molecular flexibility index (Phi) is 8.27. The van der Waals surface area contributed by atoms with Crippen LogP contribution in [0.15, 0.2) is 47.5 Å². The molecular weight excluding hydrogens is 507 g/mol. The number of aromatic nitrogens is 1. The van der Waals surface area contributed by atoms with Crippen molar-refractivity contribution >= 4 is 27.4 Å². The maximum atomic E-state index is 13.2. The molecule has 2 aliphatic heterocycles. The first-order chi connectivity index (χ1) is 17.6. The molecule has 0 aliphatic carbocycles. The summed E-state index contributed by atoms with van der Waals surface area (Å²) in [5, 5.41) is 5.77. The number of alkyl halides is 3. The highest BCUT2D eigenvalue weighted by molar-refractivity contribution is 7.89. The molecule has 0 saturated carbocycles. The van der Waals surface area contributed by atoms with Gasteiger partial charge in [-0.2, -0.15) is 17.5 Å². The smallest absolute Gasteiger partial charge is 0.372 e. The van der Waals surface area contributed by atoms with Crippen molar-refractivity contribution in [1.82, 2.24) is 14.6 Å². The lowest BCUT2D eigenvalue weighted by Gasteiger charge is -2.34. The minimum atomic E-state index is -4.44. The van der Waals surface area contributed by atoms with Gasteiger partial charge < -0.3 is 15.5 Å². The molecule has 1 amide bonds. The van der Waals surface area contributed by atoms with E-state index in [4.69, 9.17) is 0 Å². The summed E-state index contributed by atoms with van der Waals surface area (Å²) in [5.41, 5.74) is 0.153. The number of sulfonamides is 1. The third-order valence-electron chi connectivity index (χ3n) is 7.10. The molecule has 0 unspecified atom stereocenters. The summed E-state index contributed by atoms with van der Waals surface area (Å²) in [5.74, 6) is 0.759. The van der Waals surface area contributed by atoms with Crippen LogP contribution in [0.3, 0.4) is 0 Å². The Bertz CT molecular complexity index is 1160. The lowest BCUT2D eigenvalue weighted by Crippen LogP contribution is -2.42. The molecule has 1 aromatic heterocycles. The fourth-order valence-electron chi connectivity index (χ4n) is 4.83. The molecule has 0 radical (unpaired) electrons. The Labute approximate surface area is 215 Å². The number of piperidine rings is 2. The van der Waals surface area contributed by atoms with Crippen LogP contribution in [0, 0.1) is 5.92 Å². The number of pyridine rings is 1. The number of rotatable bonds is 7. The lowest BCUT2D eigenvalue weighted by atomic mass is 9.93. The van der Waals surface area contributed by atoms with Gasteiger partial charge >= 0.3 is 6.18 Å². The van der Waals surface area contributed by atoms with E-state index in [1.807, 2.05) is 12.1 Å². The van der Waals surface area contributed by atoms with Crippen LogP contribution < -0.4 is 15.5 Å². The minimum absolute atomic E-state index is 0.0593. The Balaban J connectivity index is 1.29. The van der Waals surface area contributed by atoms with Gasteiger partial charge in [-0.05, 0) is 68.0 Å². The molecule has 0 atom stereocenters. The predicted octanol–water partition coefficient (Wildman–Crippen LogP) is 3.72. The predicted molar refractivity (Wildman–Crippen MR) is 135 cm³/mol. The van der Waals surface area contributed by atoms with Gasteiger partial charge in [-0.1, -0.05) is 0 Å². The quantitative estimate of drug-likeness (QED) is 0.557. The van der Waals surface area contributed by atoms with Crippen LogP contribution in [0.2, 0.25) is 0 Å². The second-order valence-electron chi connectivity index (χ2n) is 9.55. The van der Waals surface area contributed by atoms with Gasteiger partial charge in [0.05, 0.1) is 10.5 Å². The number of hydrogen-bond acceptors (Lipinski definition) is 6. The molecule has 2 saturated heterocycles. The van der Waals surface area contributed by atoms with E-state index in [0.717, 1.165) is 43.9 Å². The molecule has 0 bridgehead atoms. The molecule has 4 rings (SSSR count). The minimum Gasteiger partial charge on any atom is -0.372 e. The molecular formula is C25H32F3N5O3S. The van der Waals surface area contributed by atoms with E-state index in [2.05, 4.69) is 20.5 Å². The van der Waals surface area contributed by atoms with Crippen LogP contribution in [0.5, 0.6) is 0 Å². The molecule has 0 spiro atoms. The summed E-state index contributed by atoms with van der Waals surface area (Å²) in [4.78, 5) is 17.9. The standard InChI is InChI=1S/C25H32F3N5O3S/c1-29-24(34)16-18-8-12-32(13-9-18)21-3-5-22(6-4-21)37(35,36)33-14-10-20(11-15-33)31-23-7-2-19(17-30-23)25(26,27)28/h2-7,17-18,20H,8-16H2,1H3,(H,29,34)(H,30,31). The topological polar surface area (TPSA) is 94.6 Å². The zero-order valence-corrected chi connectivity index (χ0v) is 21.5. The molecule has 12 heteroatoms. The van der Waals surface area contributed by atoms with Crippen molar-refractivity contribution < 1.29 is 26.4 Å². The first kappa shape index (κ1) is 27.2. The Morgan fingerprint density at radius 3 is 2.19 bits per heavy atom. The summed E-state index contributed by atoms with van der Waals surface area (Å²) in [6.45, 7) is 2.26. The second kappa shape index (κ2) is 11.3. The third-order valence-corrected chi connectivity index (χ3v) is 9.02. The summed E-state index contributed by atoms with van der Waals surface area (Å²) < 4.78 is 66.0. The van der Waals surface area contributed by atoms with Gasteiger partial charge in [-0.3, -0.25) is 4.79 Å². The van der Waals surface area contributed by atoms with Crippen LogP contribution in [0.25, 0.3) is 0 Å². The first-order valence-corrected chi connectivity index (χ1v) is 13.9. The number of benzene rings is 1. The Morgan fingerprint density at radius 2 is 1.65 bits per heavy atom. The van der Waals surface area contributed by atoms with Gasteiger partial charge in [-0.25, -0.2) is 13.4 Å². The maximum Gasteiger partial charge on any atom is 0.417 e. The van der Waals surface area contributed by atoms with Crippen LogP contribution in [0.1, 0.15) is 37.7 Å². The Hall–Kier alpha value is -2.86. The summed E-state index contributed by atoms with van der Waals surface area (Å²) >= 11 is 0. The number of nitrogens with zero attached hydrogens (tertiary/aromatic N) is 3. The van der Waals surface area contributed by atoms with Crippen LogP contribution in [-0.2, 0) is 21.0 Å². The molecule has 202 valence electrons. The maximum absolute atomic E-state index is 13.2. The molecule has 2 fully saturated rings. The normalized spacial score (nSPS) is 18.5. The highest BCUT2D eigenvalue weighted by Gasteiger charge is 2.32. The van der Waals surface area contributed by atoms with Gasteiger partial charge in [-0.15, -0.1) is 0 Å². The average molecular weight is 540 g/mol. The van der Waals surface area contributed by atoms with E-state index >= 15 is 0 Å². The molecule has 2 N–H and O–H groups in total. The fourth-order valence-corrected chi connectivity index (χ4v) is 6.30. The largest absolute Gasteiger partial charge is 0.417 e. The fraction of sp³-hybridized carbons (Fsp3) is 0.520. The SMILES string of the molecule is CNC(=O)CC1CCN(c2ccc(S(=O)(=O)N3CCC(Nc4ccc(C(F)(F)F)cn4)CC3)cc2)CC1. The molecule has 2 aromatic rings. The van der Waals surface area contributed by atoms with Gasteiger partial charge in [0.2, 0.25) is 15.9 Å². The summed E-state index contributed by atoms with van der Waals surface area (Å²) in [6.07, 6.45) is -0.242. The van der Waals surface area contributed by atoms with Crippen LogP contribution in [0.4, 0.5) is 24.7 Å². The van der Waals surface area contributed by atoms with Gasteiger partial charge in [0.1, 0.15) is 5.82 Å². The number of nitrogens with one attached hydrogen (secondary N) is 2. The van der Waals surface area contributed by atoms with E-state index in [-0.39, 0.29) is 16.8 Å². The van der Waals surface area contributed by atoms with E-state index in [1.165, 1.54) is 10.4 Å². The first-order valence-electron chi connectivity index (χ1n) is 12.4. The van der Waals surface area contributed by atoms with Crippen molar-refractivity contribution in [3.05, 3.63) is 48.2 Å². The lowest BCUT2D eigenvalue weighted by molar-refractivity contribution is -0.137. The Morgan fingerprint density at radius 1 is 1.00 bits per heavy atom. The van der Waals surface area contributed by atoms with E-state index < -0.39 is 21.8 Å². The van der Waals surface area contributed by atoms with Crippen molar-refractivity contribution in [1.29, 1.82) is 0 Å². The molecule has 2 aliphatic rings. The zero-order valence-electron chi connectivity index (χ0n) is 20.7. The second-order valence-corrected chi connectivity index (χ2v) is 11.5. The van der Waals surface area contributed by atoms with Gasteiger partial charge in [0, 0.05) is 57.6 Å². The van der Waals surface area contributed by atoms with Crippen molar-refractivity contribution in [3.8, 4) is 0 Å². The highest BCUT2D eigenvalue weighted by atomic mass is 32.2. The summed E-state index contributed by atoms with van der Waals surface area (Å²) in [7, 11) is -2.01. The third kappa shape index (κ3) is 6.72. The van der Waals surface area contributed by atoms with Gasteiger partial charge in [0.25, 0.3) is 0 Å². The van der Waals surface area contributed by atoms with Crippen molar-refractivity contribution in [2.75, 3.05) is 43.4 Å². The van der Waals surface area contributed by atoms with Crippen molar-refractivity contribution in [2.24, 2.45) is 5.92 Å². The zero-order chi connectivity index (χ0) is 26.6. The number of hydrogen-bond donors (Lipinski definition) is 2. The highest BCUT2D eigenvalue weighted by Crippen LogP contribution is 2.30. The molecule has 8 nitrogen and oxygen atoms in total. The summed E-state index contributed by atoms with van der Waals surface area (Å²) in [6, 6.07) is 9.12. The van der Waals surface area contributed by atoms with Crippen LogP contribution in [-0.4, -0.2) is 62.9 Å². The number of carbonyl (C=O) groups excluding carboxylic acids is 1. The monoisotopic (exact) mass is 539 g/mol. The molecule has 3 heterocycles.